The van der Waals surface area contributed by atoms with Crippen LogP contribution in [0.3, 0.4) is 0 Å². The standard InChI is InChI=1S/C16H17N5O2/c1-9(2)14-19-5-10(21-14)6-20-16(23)13-8-17-7-12-11(13)3-4-18-15(12)22/h3-5,7-9H,6H2,1-2H3,(H,18,22)(H,19,21)(H,20,23). The molecule has 1 amide bonds. The molecule has 3 heterocycles. The molecule has 0 saturated heterocycles. The second-order valence-electron chi connectivity index (χ2n) is 5.59. The molecule has 7 heteroatoms. The first-order valence-electron chi connectivity index (χ1n) is 7.33. The number of aromatic nitrogens is 4. The molecule has 0 saturated carbocycles. The van der Waals surface area contributed by atoms with E-state index in [2.05, 4.69) is 25.3 Å². The summed E-state index contributed by atoms with van der Waals surface area (Å²) in [7, 11) is 0. The first-order chi connectivity index (χ1) is 11.1. The third-order valence-corrected chi connectivity index (χ3v) is 3.58. The van der Waals surface area contributed by atoms with Crippen LogP contribution < -0.4 is 10.9 Å². The molecule has 3 aromatic heterocycles. The van der Waals surface area contributed by atoms with Gasteiger partial charge in [-0.1, -0.05) is 13.8 Å². The van der Waals surface area contributed by atoms with Crippen molar-refractivity contribution < 1.29 is 4.79 Å². The fraction of sp³-hybridized carbons (Fsp3) is 0.250. The topological polar surface area (TPSA) is 104 Å². The van der Waals surface area contributed by atoms with Crippen molar-refractivity contribution in [2.75, 3.05) is 0 Å². The van der Waals surface area contributed by atoms with Crippen LogP contribution in [0.5, 0.6) is 0 Å². The zero-order valence-corrected chi connectivity index (χ0v) is 12.9. The molecule has 0 unspecified atom stereocenters. The number of rotatable bonds is 4. The molecule has 3 aromatic rings. The van der Waals surface area contributed by atoms with Gasteiger partial charge in [0.05, 0.1) is 29.4 Å². The van der Waals surface area contributed by atoms with Gasteiger partial charge < -0.3 is 15.3 Å². The third-order valence-electron chi connectivity index (χ3n) is 3.58. The van der Waals surface area contributed by atoms with E-state index in [1.807, 2.05) is 13.8 Å². The van der Waals surface area contributed by atoms with Gasteiger partial charge in [-0.25, -0.2) is 4.98 Å². The van der Waals surface area contributed by atoms with Crippen LogP contribution in [0.1, 0.15) is 41.6 Å². The lowest BCUT2D eigenvalue weighted by Gasteiger charge is -2.06. The van der Waals surface area contributed by atoms with E-state index in [0.29, 0.717) is 28.8 Å². The maximum absolute atomic E-state index is 12.4. The largest absolute Gasteiger partial charge is 0.346 e. The number of aromatic amines is 2. The van der Waals surface area contributed by atoms with Gasteiger partial charge in [0, 0.05) is 29.9 Å². The van der Waals surface area contributed by atoms with Crippen molar-refractivity contribution in [3.05, 3.63) is 58.3 Å². The summed E-state index contributed by atoms with van der Waals surface area (Å²) in [6, 6.07) is 1.69. The first-order valence-corrected chi connectivity index (χ1v) is 7.33. The highest BCUT2D eigenvalue weighted by molar-refractivity contribution is 6.06. The number of hydrogen-bond acceptors (Lipinski definition) is 4. The van der Waals surface area contributed by atoms with Gasteiger partial charge in [0.2, 0.25) is 0 Å². The van der Waals surface area contributed by atoms with Crippen LogP contribution in [0.4, 0.5) is 0 Å². The zero-order chi connectivity index (χ0) is 16.4. The van der Waals surface area contributed by atoms with Crippen molar-refractivity contribution >= 4 is 16.7 Å². The highest BCUT2D eigenvalue weighted by Gasteiger charge is 2.12. The minimum absolute atomic E-state index is 0.264. The maximum atomic E-state index is 12.4. The molecule has 3 N–H and O–H groups in total. The van der Waals surface area contributed by atoms with Crippen LogP contribution in [0.25, 0.3) is 10.8 Å². The van der Waals surface area contributed by atoms with Crippen LogP contribution >= 0.6 is 0 Å². The highest BCUT2D eigenvalue weighted by atomic mass is 16.1. The second kappa shape index (κ2) is 6.04. The monoisotopic (exact) mass is 311 g/mol. The normalized spacial score (nSPS) is 11.1. The zero-order valence-electron chi connectivity index (χ0n) is 12.9. The molecular weight excluding hydrogens is 294 g/mol. The highest BCUT2D eigenvalue weighted by Crippen LogP contribution is 2.14. The van der Waals surface area contributed by atoms with Crippen LogP contribution in [0.15, 0.2) is 35.6 Å². The summed E-state index contributed by atoms with van der Waals surface area (Å²) in [6.07, 6.45) is 6.14. The van der Waals surface area contributed by atoms with E-state index in [9.17, 15) is 9.59 Å². The van der Waals surface area contributed by atoms with Gasteiger partial charge in [0.1, 0.15) is 5.82 Å². The fourth-order valence-electron chi connectivity index (χ4n) is 2.32. The Balaban J connectivity index is 1.81. The molecule has 0 bridgehead atoms. The summed E-state index contributed by atoms with van der Waals surface area (Å²) in [5.41, 5.74) is 0.935. The van der Waals surface area contributed by atoms with Crippen molar-refractivity contribution in [1.82, 2.24) is 25.3 Å². The Morgan fingerprint density at radius 3 is 2.83 bits per heavy atom. The predicted molar refractivity (Wildman–Crippen MR) is 86.2 cm³/mol. The lowest BCUT2D eigenvalue weighted by atomic mass is 10.1. The van der Waals surface area contributed by atoms with Gasteiger partial charge in [-0.3, -0.25) is 14.6 Å². The van der Waals surface area contributed by atoms with Gasteiger partial charge in [-0.2, -0.15) is 0 Å². The Labute approximate surface area is 132 Å². The summed E-state index contributed by atoms with van der Waals surface area (Å²) >= 11 is 0. The average molecular weight is 311 g/mol. The summed E-state index contributed by atoms with van der Waals surface area (Å²) in [5.74, 6) is 0.899. The smallest absolute Gasteiger partial charge is 0.257 e. The van der Waals surface area contributed by atoms with Crippen LogP contribution in [-0.4, -0.2) is 25.8 Å². The van der Waals surface area contributed by atoms with Gasteiger partial charge >= 0.3 is 0 Å². The number of nitrogens with zero attached hydrogens (tertiary/aromatic N) is 2. The molecule has 0 atom stereocenters. The van der Waals surface area contributed by atoms with Crippen molar-refractivity contribution in [2.24, 2.45) is 0 Å². The van der Waals surface area contributed by atoms with E-state index in [4.69, 9.17) is 0 Å². The lowest BCUT2D eigenvalue weighted by Crippen LogP contribution is -2.24. The third kappa shape index (κ3) is 2.98. The fourth-order valence-corrected chi connectivity index (χ4v) is 2.32. The van der Waals surface area contributed by atoms with E-state index in [-0.39, 0.29) is 11.5 Å². The first kappa shape index (κ1) is 15.0. The molecule has 23 heavy (non-hydrogen) atoms. The molecule has 0 spiro atoms. The van der Waals surface area contributed by atoms with E-state index < -0.39 is 0 Å². The number of fused-ring (bicyclic) bond motifs is 1. The summed E-state index contributed by atoms with van der Waals surface area (Å²) < 4.78 is 0. The number of amides is 1. The van der Waals surface area contributed by atoms with Crippen LogP contribution in [0.2, 0.25) is 0 Å². The Hall–Kier alpha value is -2.96. The van der Waals surface area contributed by atoms with Crippen molar-refractivity contribution in [3.63, 3.8) is 0 Å². The van der Waals surface area contributed by atoms with E-state index in [0.717, 1.165) is 11.5 Å². The maximum Gasteiger partial charge on any atom is 0.257 e. The SMILES string of the molecule is CC(C)c1ncc(CNC(=O)c2cncc3c(=O)[nH]ccc23)[nH]1. The number of nitrogens with one attached hydrogen (secondary N) is 3. The van der Waals surface area contributed by atoms with Crippen LogP contribution in [-0.2, 0) is 6.54 Å². The van der Waals surface area contributed by atoms with Crippen LogP contribution in [0, 0.1) is 0 Å². The second-order valence-corrected chi connectivity index (χ2v) is 5.59. The van der Waals surface area contributed by atoms with Crippen molar-refractivity contribution in [3.8, 4) is 0 Å². The molecule has 0 fully saturated rings. The molecule has 7 nitrogen and oxygen atoms in total. The van der Waals surface area contributed by atoms with Gasteiger partial charge in [0.25, 0.3) is 11.5 Å². The van der Waals surface area contributed by atoms with Crippen molar-refractivity contribution in [1.29, 1.82) is 0 Å². The Morgan fingerprint density at radius 2 is 2.09 bits per heavy atom. The average Bonchev–Trinajstić information content (AvgIpc) is 3.02. The Kier molecular flexibility index (Phi) is 3.92. The number of carbonyl (C=O) groups is 1. The molecule has 0 aliphatic rings. The summed E-state index contributed by atoms with van der Waals surface area (Å²) in [6.45, 7) is 4.42. The van der Waals surface area contributed by atoms with E-state index in [1.54, 1.807) is 12.3 Å². The quantitative estimate of drug-likeness (QED) is 0.682. The summed E-state index contributed by atoms with van der Waals surface area (Å²) in [4.78, 5) is 38.1. The minimum Gasteiger partial charge on any atom is -0.346 e. The lowest BCUT2D eigenvalue weighted by molar-refractivity contribution is 0.0952. The molecule has 118 valence electrons. The molecule has 0 radical (unpaired) electrons. The molecular formula is C16H17N5O2. The number of pyridine rings is 2. The van der Waals surface area contributed by atoms with Crippen molar-refractivity contribution in [2.45, 2.75) is 26.3 Å². The number of carbonyl (C=O) groups excluding carboxylic acids is 1. The molecule has 0 aliphatic heterocycles. The summed E-state index contributed by atoms with van der Waals surface area (Å²) in [5, 5.41) is 3.79. The molecule has 3 rings (SSSR count). The Morgan fingerprint density at radius 1 is 1.26 bits per heavy atom. The predicted octanol–water partition coefficient (Wildman–Crippen LogP) is 1.70. The molecule has 0 aliphatic carbocycles. The van der Waals surface area contributed by atoms with E-state index in [1.165, 1.54) is 18.6 Å². The number of H-pyrrole nitrogens is 2. The molecule has 0 aromatic carbocycles. The van der Waals surface area contributed by atoms with Gasteiger partial charge in [-0.15, -0.1) is 0 Å². The van der Waals surface area contributed by atoms with E-state index >= 15 is 0 Å². The number of imidazole rings is 1. The minimum atomic E-state index is -0.283. The van der Waals surface area contributed by atoms with Gasteiger partial charge in [0.15, 0.2) is 0 Å². The Bertz CT molecular complexity index is 910. The van der Waals surface area contributed by atoms with Gasteiger partial charge in [-0.05, 0) is 6.07 Å². The number of hydrogen-bond donors (Lipinski definition) is 3.